The molecule has 100 valence electrons. The van der Waals surface area contributed by atoms with Crippen molar-refractivity contribution in [3.8, 4) is 0 Å². The summed E-state index contributed by atoms with van der Waals surface area (Å²) in [6.45, 7) is 1.99. The first kappa shape index (κ1) is 13.7. The molecule has 0 saturated carbocycles. The molecule has 1 atom stereocenters. The Morgan fingerprint density at radius 3 is 2.74 bits per heavy atom. The summed E-state index contributed by atoms with van der Waals surface area (Å²) in [7, 11) is 0. The van der Waals surface area contributed by atoms with Gasteiger partial charge in [0.1, 0.15) is 5.76 Å². The van der Waals surface area contributed by atoms with Crippen LogP contribution < -0.4 is 5.32 Å². The SMILES string of the molecule is C[C@H](NC(=O)CSCc1ccco1)c1ccccc1. The van der Waals surface area contributed by atoms with E-state index in [2.05, 4.69) is 5.32 Å². The fourth-order valence-electron chi connectivity index (χ4n) is 1.75. The van der Waals surface area contributed by atoms with E-state index in [-0.39, 0.29) is 11.9 Å². The number of amides is 1. The standard InChI is InChI=1S/C15H17NO2S/c1-12(13-6-3-2-4-7-13)16-15(17)11-19-10-14-8-5-9-18-14/h2-9,12H,10-11H2,1H3,(H,16,17)/t12-/m0/s1. The number of thioether (sulfide) groups is 1. The Bertz CT molecular complexity index is 496. The van der Waals surface area contributed by atoms with Gasteiger partial charge in [0.05, 0.1) is 23.8 Å². The van der Waals surface area contributed by atoms with Crippen LogP contribution in [0, 0.1) is 0 Å². The first-order valence-corrected chi connectivity index (χ1v) is 7.35. The number of rotatable bonds is 6. The lowest BCUT2D eigenvalue weighted by molar-refractivity contribution is -0.119. The average molecular weight is 275 g/mol. The molecular formula is C15H17NO2S. The van der Waals surface area contributed by atoms with Gasteiger partial charge in [0.15, 0.2) is 0 Å². The van der Waals surface area contributed by atoms with Gasteiger partial charge in [-0.05, 0) is 24.6 Å². The van der Waals surface area contributed by atoms with E-state index in [0.29, 0.717) is 5.75 Å². The van der Waals surface area contributed by atoms with Gasteiger partial charge in [-0.2, -0.15) is 0 Å². The molecule has 0 unspecified atom stereocenters. The molecule has 1 amide bonds. The Morgan fingerprint density at radius 2 is 2.05 bits per heavy atom. The number of furan rings is 1. The van der Waals surface area contributed by atoms with Crippen LogP contribution in [-0.2, 0) is 10.5 Å². The van der Waals surface area contributed by atoms with Gasteiger partial charge in [-0.3, -0.25) is 4.79 Å². The van der Waals surface area contributed by atoms with Crippen LogP contribution in [-0.4, -0.2) is 11.7 Å². The van der Waals surface area contributed by atoms with Gasteiger partial charge in [0, 0.05) is 0 Å². The molecule has 1 aromatic heterocycles. The number of carbonyl (C=O) groups excluding carboxylic acids is 1. The van der Waals surface area contributed by atoms with Crippen LogP contribution in [0.15, 0.2) is 53.1 Å². The monoisotopic (exact) mass is 275 g/mol. The van der Waals surface area contributed by atoms with Gasteiger partial charge in [-0.25, -0.2) is 0 Å². The zero-order valence-corrected chi connectivity index (χ0v) is 11.7. The summed E-state index contributed by atoms with van der Waals surface area (Å²) in [5, 5.41) is 2.99. The molecule has 0 spiro atoms. The maximum absolute atomic E-state index is 11.8. The van der Waals surface area contributed by atoms with E-state index >= 15 is 0 Å². The van der Waals surface area contributed by atoms with Crippen molar-refractivity contribution < 1.29 is 9.21 Å². The fraction of sp³-hybridized carbons (Fsp3) is 0.267. The predicted octanol–water partition coefficient (Wildman–Crippen LogP) is 3.39. The molecule has 4 heteroatoms. The molecule has 2 aromatic rings. The largest absolute Gasteiger partial charge is 0.468 e. The Morgan fingerprint density at radius 1 is 1.26 bits per heavy atom. The first-order chi connectivity index (χ1) is 9.25. The van der Waals surface area contributed by atoms with E-state index < -0.39 is 0 Å². The summed E-state index contributed by atoms with van der Waals surface area (Å²) in [6, 6.07) is 13.8. The third kappa shape index (κ3) is 4.48. The zero-order valence-electron chi connectivity index (χ0n) is 10.8. The van der Waals surface area contributed by atoms with E-state index in [0.717, 1.165) is 17.1 Å². The second-order valence-corrected chi connectivity index (χ2v) is 5.26. The number of nitrogens with one attached hydrogen (secondary N) is 1. The Balaban J connectivity index is 1.72. The van der Waals surface area contributed by atoms with Crippen molar-refractivity contribution in [2.45, 2.75) is 18.7 Å². The summed E-state index contributed by atoms with van der Waals surface area (Å²) in [5.74, 6) is 2.11. The number of carbonyl (C=O) groups is 1. The second kappa shape index (κ2) is 7.04. The van der Waals surface area contributed by atoms with E-state index in [9.17, 15) is 4.79 Å². The maximum Gasteiger partial charge on any atom is 0.230 e. The minimum atomic E-state index is 0.0397. The molecule has 1 aromatic carbocycles. The Hall–Kier alpha value is -1.68. The fourth-order valence-corrected chi connectivity index (χ4v) is 2.48. The van der Waals surface area contributed by atoms with E-state index in [1.165, 1.54) is 0 Å². The van der Waals surface area contributed by atoms with Crippen molar-refractivity contribution in [3.05, 3.63) is 60.1 Å². The molecule has 0 saturated heterocycles. The third-order valence-electron chi connectivity index (χ3n) is 2.73. The Labute approximate surface area is 117 Å². The van der Waals surface area contributed by atoms with Crippen LogP contribution in [0.5, 0.6) is 0 Å². The smallest absolute Gasteiger partial charge is 0.230 e. The predicted molar refractivity (Wildman–Crippen MR) is 77.9 cm³/mol. The van der Waals surface area contributed by atoms with Crippen molar-refractivity contribution in [3.63, 3.8) is 0 Å². The van der Waals surface area contributed by atoms with Crippen LogP contribution in [0.3, 0.4) is 0 Å². The highest BCUT2D eigenvalue weighted by Gasteiger charge is 2.09. The molecule has 3 nitrogen and oxygen atoms in total. The van der Waals surface area contributed by atoms with Gasteiger partial charge < -0.3 is 9.73 Å². The first-order valence-electron chi connectivity index (χ1n) is 6.20. The van der Waals surface area contributed by atoms with E-state index in [1.54, 1.807) is 18.0 Å². The highest BCUT2D eigenvalue weighted by atomic mass is 32.2. The van der Waals surface area contributed by atoms with Gasteiger partial charge in [0.25, 0.3) is 0 Å². The topological polar surface area (TPSA) is 42.2 Å². The van der Waals surface area contributed by atoms with Crippen molar-refractivity contribution in [2.75, 3.05) is 5.75 Å². The minimum absolute atomic E-state index is 0.0397. The van der Waals surface area contributed by atoms with Crippen LogP contribution in [0.1, 0.15) is 24.3 Å². The van der Waals surface area contributed by atoms with Gasteiger partial charge in [-0.15, -0.1) is 11.8 Å². The normalized spacial score (nSPS) is 12.1. The highest BCUT2D eigenvalue weighted by Crippen LogP contribution is 2.14. The number of hydrogen-bond acceptors (Lipinski definition) is 3. The third-order valence-corrected chi connectivity index (χ3v) is 3.69. The van der Waals surface area contributed by atoms with Crippen molar-refractivity contribution in [2.24, 2.45) is 0 Å². The molecule has 0 aliphatic heterocycles. The molecular weight excluding hydrogens is 258 g/mol. The zero-order chi connectivity index (χ0) is 13.5. The summed E-state index contributed by atoms with van der Waals surface area (Å²) in [4.78, 5) is 11.8. The molecule has 0 bridgehead atoms. The van der Waals surface area contributed by atoms with Crippen molar-refractivity contribution >= 4 is 17.7 Å². The summed E-state index contributed by atoms with van der Waals surface area (Å²) in [5.41, 5.74) is 1.12. The molecule has 0 fully saturated rings. The van der Waals surface area contributed by atoms with Gasteiger partial charge in [0.2, 0.25) is 5.91 Å². The molecule has 2 rings (SSSR count). The van der Waals surface area contributed by atoms with Crippen LogP contribution in [0.4, 0.5) is 0 Å². The minimum Gasteiger partial charge on any atom is -0.468 e. The highest BCUT2D eigenvalue weighted by molar-refractivity contribution is 7.99. The van der Waals surface area contributed by atoms with Crippen molar-refractivity contribution in [1.29, 1.82) is 0 Å². The van der Waals surface area contributed by atoms with Crippen LogP contribution >= 0.6 is 11.8 Å². The lowest BCUT2D eigenvalue weighted by Crippen LogP contribution is -2.28. The lowest BCUT2D eigenvalue weighted by atomic mass is 10.1. The molecule has 1 N–H and O–H groups in total. The second-order valence-electron chi connectivity index (χ2n) is 4.27. The molecule has 19 heavy (non-hydrogen) atoms. The maximum atomic E-state index is 11.8. The molecule has 0 radical (unpaired) electrons. The van der Waals surface area contributed by atoms with E-state index in [4.69, 9.17) is 4.42 Å². The summed E-state index contributed by atoms with van der Waals surface area (Å²) < 4.78 is 5.21. The molecule has 1 heterocycles. The number of benzene rings is 1. The average Bonchev–Trinajstić information content (AvgIpc) is 2.93. The van der Waals surface area contributed by atoms with Gasteiger partial charge >= 0.3 is 0 Å². The molecule has 0 aliphatic carbocycles. The lowest BCUT2D eigenvalue weighted by Gasteiger charge is -2.13. The molecule has 0 aliphatic rings. The summed E-state index contributed by atoms with van der Waals surface area (Å²) >= 11 is 1.55. The summed E-state index contributed by atoms with van der Waals surface area (Å²) in [6.07, 6.45) is 1.65. The van der Waals surface area contributed by atoms with Crippen LogP contribution in [0.25, 0.3) is 0 Å². The van der Waals surface area contributed by atoms with E-state index in [1.807, 2.05) is 49.4 Å². The van der Waals surface area contributed by atoms with Gasteiger partial charge in [-0.1, -0.05) is 30.3 Å². The van der Waals surface area contributed by atoms with Crippen molar-refractivity contribution in [1.82, 2.24) is 5.32 Å². The quantitative estimate of drug-likeness (QED) is 0.878. The number of hydrogen-bond donors (Lipinski definition) is 1. The van der Waals surface area contributed by atoms with Crippen LogP contribution in [0.2, 0.25) is 0 Å². The Kier molecular flexibility index (Phi) is 5.10.